The summed E-state index contributed by atoms with van der Waals surface area (Å²) < 4.78 is 1.75. The molecule has 1 rings (SSSR count). The Morgan fingerprint density at radius 1 is 1.64 bits per heavy atom. The Hall–Kier alpha value is -0.940. The van der Waals surface area contributed by atoms with Crippen LogP contribution in [0.3, 0.4) is 0 Å². The zero-order chi connectivity index (χ0) is 10.4. The van der Waals surface area contributed by atoms with Gasteiger partial charge in [-0.2, -0.15) is 0 Å². The monoisotopic (exact) mass is 198 g/mol. The summed E-state index contributed by atoms with van der Waals surface area (Å²) in [6.45, 7) is 3.09. The molecule has 0 saturated carbocycles. The number of aromatic nitrogens is 3. The van der Waals surface area contributed by atoms with Gasteiger partial charge >= 0.3 is 0 Å². The second-order valence-electron chi connectivity index (χ2n) is 3.35. The lowest BCUT2D eigenvalue weighted by Crippen LogP contribution is -2.29. The molecular weight excluding hydrogens is 180 g/mol. The Morgan fingerprint density at radius 3 is 2.93 bits per heavy atom. The van der Waals surface area contributed by atoms with Gasteiger partial charge in [0.15, 0.2) is 0 Å². The highest BCUT2D eigenvalue weighted by Gasteiger charge is 2.06. The molecule has 0 radical (unpaired) electrons. The highest BCUT2D eigenvalue weighted by atomic mass is 16.3. The van der Waals surface area contributed by atoms with Crippen LogP contribution in [-0.2, 0) is 13.6 Å². The van der Waals surface area contributed by atoms with Gasteiger partial charge in [-0.15, -0.1) is 5.10 Å². The van der Waals surface area contributed by atoms with Crippen molar-refractivity contribution in [3.63, 3.8) is 0 Å². The van der Waals surface area contributed by atoms with Crippen molar-refractivity contribution in [1.29, 1.82) is 0 Å². The lowest BCUT2D eigenvalue weighted by Gasteiger charge is -2.15. The van der Waals surface area contributed by atoms with Crippen molar-refractivity contribution in [1.82, 2.24) is 20.3 Å². The van der Waals surface area contributed by atoms with Gasteiger partial charge in [0.2, 0.25) is 0 Å². The van der Waals surface area contributed by atoms with E-state index in [9.17, 15) is 0 Å². The predicted molar refractivity (Wildman–Crippen MR) is 53.6 cm³/mol. The molecule has 0 saturated heterocycles. The SMILES string of the molecule is CCC(CCO)NCc1cnnn1C. The number of aryl methyl sites for hydroxylation is 1. The molecule has 0 aliphatic heterocycles. The van der Waals surface area contributed by atoms with Crippen molar-refractivity contribution < 1.29 is 5.11 Å². The topological polar surface area (TPSA) is 63.0 Å². The smallest absolute Gasteiger partial charge is 0.0738 e. The summed E-state index contributed by atoms with van der Waals surface area (Å²) in [5.41, 5.74) is 1.06. The molecule has 1 unspecified atom stereocenters. The summed E-state index contributed by atoms with van der Waals surface area (Å²) in [6.07, 6.45) is 3.56. The van der Waals surface area contributed by atoms with Crippen LogP contribution < -0.4 is 5.32 Å². The molecule has 0 fully saturated rings. The largest absolute Gasteiger partial charge is 0.396 e. The summed E-state index contributed by atoms with van der Waals surface area (Å²) in [4.78, 5) is 0. The summed E-state index contributed by atoms with van der Waals surface area (Å²) in [5, 5.41) is 19.8. The first-order chi connectivity index (χ1) is 6.77. The Labute approximate surface area is 84.1 Å². The molecule has 0 aliphatic rings. The van der Waals surface area contributed by atoms with E-state index >= 15 is 0 Å². The van der Waals surface area contributed by atoms with Gasteiger partial charge in [-0.3, -0.25) is 4.68 Å². The molecular formula is C9H18N4O. The molecule has 5 heteroatoms. The second kappa shape index (κ2) is 5.72. The van der Waals surface area contributed by atoms with E-state index in [1.54, 1.807) is 10.9 Å². The van der Waals surface area contributed by atoms with Crippen molar-refractivity contribution in [3.05, 3.63) is 11.9 Å². The summed E-state index contributed by atoms with van der Waals surface area (Å²) in [6, 6.07) is 0.370. The van der Waals surface area contributed by atoms with E-state index < -0.39 is 0 Å². The van der Waals surface area contributed by atoms with Gasteiger partial charge in [-0.1, -0.05) is 12.1 Å². The number of hydrogen-bond acceptors (Lipinski definition) is 4. The van der Waals surface area contributed by atoms with E-state index in [1.165, 1.54) is 0 Å². The average molecular weight is 198 g/mol. The third kappa shape index (κ3) is 3.08. The van der Waals surface area contributed by atoms with Crippen LogP contribution in [-0.4, -0.2) is 32.7 Å². The van der Waals surface area contributed by atoms with E-state index in [0.717, 1.165) is 25.1 Å². The van der Waals surface area contributed by atoms with E-state index in [4.69, 9.17) is 5.11 Å². The van der Waals surface area contributed by atoms with Crippen LogP contribution in [0, 0.1) is 0 Å². The standard InChI is InChI=1S/C9H18N4O/c1-3-8(4-5-14)10-6-9-7-11-12-13(9)2/h7-8,10,14H,3-6H2,1-2H3. The zero-order valence-electron chi connectivity index (χ0n) is 8.77. The van der Waals surface area contributed by atoms with Gasteiger partial charge in [-0.25, -0.2) is 0 Å². The van der Waals surface area contributed by atoms with Gasteiger partial charge < -0.3 is 10.4 Å². The maximum atomic E-state index is 8.81. The average Bonchev–Trinajstić information content (AvgIpc) is 2.59. The van der Waals surface area contributed by atoms with Crippen LogP contribution in [0.15, 0.2) is 6.20 Å². The Balaban J connectivity index is 2.35. The number of nitrogens with zero attached hydrogens (tertiary/aromatic N) is 3. The molecule has 5 nitrogen and oxygen atoms in total. The predicted octanol–water partition coefficient (Wildman–Crippen LogP) is 0.0657. The third-order valence-corrected chi connectivity index (χ3v) is 2.35. The summed E-state index contributed by atoms with van der Waals surface area (Å²) in [5.74, 6) is 0. The van der Waals surface area contributed by atoms with Crippen molar-refractivity contribution in [2.24, 2.45) is 7.05 Å². The Bertz CT molecular complexity index is 261. The number of aliphatic hydroxyl groups excluding tert-OH is 1. The summed E-state index contributed by atoms with van der Waals surface area (Å²) in [7, 11) is 1.87. The van der Waals surface area contributed by atoms with Gasteiger partial charge in [0.05, 0.1) is 11.9 Å². The molecule has 1 atom stereocenters. The highest BCUT2D eigenvalue weighted by Crippen LogP contribution is 1.99. The molecule has 1 aromatic rings. The van der Waals surface area contributed by atoms with Gasteiger partial charge in [0, 0.05) is 26.2 Å². The fraction of sp³-hybridized carbons (Fsp3) is 0.778. The quantitative estimate of drug-likeness (QED) is 0.679. The minimum absolute atomic E-state index is 0.231. The Kier molecular flexibility index (Phi) is 4.55. The van der Waals surface area contributed by atoms with Crippen LogP contribution >= 0.6 is 0 Å². The minimum atomic E-state index is 0.231. The van der Waals surface area contributed by atoms with Crippen LogP contribution in [0.4, 0.5) is 0 Å². The first-order valence-electron chi connectivity index (χ1n) is 4.95. The van der Waals surface area contributed by atoms with Gasteiger partial charge in [-0.05, 0) is 12.8 Å². The first-order valence-corrected chi connectivity index (χ1v) is 4.95. The lowest BCUT2D eigenvalue weighted by molar-refractivity contribution is 0.261. The molecule has 0 aliphatic carbocycles. The van der Waals surface area contributed by atoms with Gasteiger partial charge in [0.25, 0.3) is 0 Å². The molecule has 80 valence electrons. The normalized spacial score (nSPS) is 13.1. The van der Waals surface area contributed by atoms with Crippen LogP contribution in [0.25, 0.3) is 0 Å². The molecule has 0 aromatic carbocycles. The van der Waals surface area contributed by atoms with E-state index in [0.29, 0.717) is 6.04 Å². The van der Waals surface area contributed by atoms with E-state index in [-0.39, 0.29) is 6.61 Å². The molecule has 0 amide bonds. The van der Waals surface area contributed by atoms with E-state index in [2.05, 4.69) is 22.6 Å². The van der Waals surface area contributed by atoms with Crippen molar-refractivity contribution in [3.8, 4) is 0 Å². The summed E-state index contributed by atoms with van der Waals surface area (Å²) >= 11 is 0. The molecule has 0 spiro atoms. The van der Waals surface area contributed by atoms with Crippen LogP contribution in [0.2, 0.25) is 0 Å². The van der Waals surface area contributed by atoms with Crippen molar-refractivity contribution in [2.45, 2.75) is 32.4 Å². The van der Waals surface area contributed by atoms with Crippen molar-refractivity contribution >= 4 is 0 Å². The van der Waals surface area contributed by atoms with Crippen LogP contribution in [0.1, 0.15) is 25.5 Å². The number of aliphatic hydroxyl groups is 1. The van der Waals surface area contributed by atoms with Crippen LogP contribution in [0.5, 0.6) is 0 Å². The first kappa shape index (κ1) is 11.1. The fourth-order valence-corrected chi connectivity index (χ4v) is 1.33. The van der Waals surface area contributed by atoms with Crippen molar-refractivity contribution in [2.75, 3.05) is 6.61 Å². The molecule has 1 aromatic heterocycles. The highest BCUT2D eigenvalue weighted by molar-refractivity contribution is 4.92. The maximum absolute atomic E-state index is 8.81. The van der Waals surface area contributed by atoms with Gasteiger partial charge in [0.1, 0.15) is 0 Å². The number of rotatable bonds is 6. The fourth-order valence-electron chi connectivity index (χ4n) is 1.33. The molecule has 1 heterocycles. The number of nitrogens with one attached hydrogen (secondary N) is 1. The molecule has 0 bridgehead atoms. The Morgan fingerprint density at radius 2 is 2.43 bits per heavy atom. The maximum Gasteiger partial charge on any atom is 0.0738 e. The third-order valence-electron chi connectivity index (χ3n) is 2.35. The molecule has 2 N–H and O–H groups in total. The lowest BCUT2D eigenvalue weighted by atomic mass is 10.1. The number of hydrogen-bond donors (Lipinski definition) is 2. The van der Waals surface area contributed by atoms with E-state index in [1.807, 2.05) is 7.05 Å². The zero-order valence-corrected chi connectivity index (χ0v) is 8.77. The minimum Gasteiger partial charge on any atom is -0.396 e. The molecule has 14 heavy (non-hydrogen) atoms. The second-order valence-corrected chi connectivity index (χ2v) is 3.35.